The zero-order valence-corrected chi connectivity index (χ0v) is 38.3. The van der Waals surface area contributed by atoms with Crippen LogP contribution in [0.2, 0.25) is 0 Å². The van der Waals surface area contributed by atoms with Crippen LogP contribution < -0.4 is 21.3 Å². The number of amides is 6. The Morgan fingerprint density at radius 1 is 0.594 bits per heavy atom. The molecule has 0 saturated heterocycles. The topological polar surface area (TPSA) is 274 Å². The first-order valence-electron chi connectivity index (χ1n) is 21.8. The van der Waals surface area contributed by atoms with Crippen molar-refractivity contribution in [3.63, 3.8) is 0 Å². The second-order valence-electron chi connectivity index (χ2n) is 15.5. The Morgan fingerprint density at radius 3 is 1.48 bits per heavy atom. The fourth-order valence-electron chi connectivity index (χ4n) is 5.30. The van der Waals surface area contributed by atoms with E-state index in [0.717, 1.165) is 4.90 Å². The Kier molecular flexibility index (Phi) is 32.5. The van der Waals surface area contributed by atoms with Crippen molar-refractivity contribution in [2.75, 3.05) is 125 Å². The molecule has 1 heterocycles. The zero-order chi connectivity index (χ0) is 47.4. The van der Waals surface area contributed by atoms with E-state index in [-0.39, 0.29) is 50.8 Å². The SMILES string of the molecule is CC(C)C(NC(=O)CCOCCOCCOCCOCCOCCOCCOCCOCCNC(=O)CCN1C(=O)C=CC1=O)C(=O)NC(CCCCNC(=O)OC(C)(C)C)C(=O)O. The number of carbonyl (C=O) groups excluding carboxylic acids is 6. The molecule has 22 heteroatoms. The highest BCUT2D eigenvalue weighted by molar-refractivity contribution is 6.13. The number of rotatable bonds is 40. The van der Waals surface area contributed by atoms with Gasteiger partial charge in [0.2, 0.25) is 17.7 Å². The first-order chi connectivity index (χ1) is 30.6. The van der Waals surface area contributed by atoms with Crippen molar-refractivity contribution in [3.8, 4) is 0 Å². The van der Waals surface area contributed by atoms with Crippen molar-refractivity contribution >= 4 is 41.6 Å². The standard InChI is InChI=1S/C42H73N5O17/c1-32(2)38(39(52)45-33(40(53)54)8-6-7-13-44-41(55)64-42(3,4)5)46-35(49)12-16-56-18-20-58-22-24-60-26-28-62-30-31-63-29-27-61-25-23-59-21-19-57-17-14-43-34(48)11-15-47-36(50)9-10-37(47)51/h9-10,32-33,38H,6-8,11-31H2,1-5H3,(H,43,48)(H,44,55)(H,45,52)(H,46,49)(H,53,54). The third kappa shape index (κ3) is 31.5. The minimum atomic E-state index is -1.19. The minimum Gasteiger partial charge on any atom is -0.480 e. The van der Waals surface area contributed by atoms with E-state index in [1.54, 1.807) is 34.6 Å². The molecular weight excluding hydrogens is 846 g/mol. The molecule has 0 aromatic rings. The van der Waals surface area contributed by atoms with Gasteiger partial charge >= 0.3 is 12.1 Å². The smallest absolute Gasteiger partial charge is 0.407 e. The van der Waals surface area contributed by atoms with Gasteiger partial charge in [0.05, 0.1) is 106 Å². The van der Waals surface area contributed by atoms with Gasteiger partial charge in [0.15, 0.2) is 0 Å². The highest BCUT2D eigenvalue weighted by Crippen LogP contribution is 2.09. The van der Waals surface area contributed by atoms with Crippen LogP contribution in [-0.2, 0) is 71.4 Å². The molecule has 0 saturated carbocycles. The summed E-state index contributed by atoms with van der Waals surface area (Å²) in [6.45, 7) is 15.1. The van der Waals surface area contributed by atoms with Crippen LogP contribution in [-0.4, -0.2) is 195 Å². The largest absolute Gasteiger partial charge is 0.480 e. The van der Waals surface area contributed by atoms with Crippen molar-refractivity contribution in [3.05, 3.63) is 12.2 Å². The highest BCUT2D eigenvalue weighted by Gasteiger charge is 2.28. The second kappa shape index (κ2) is 36.0. The number of ether oxygens (including phenoxy) is 9. The van der Waals surface area contributed by atoms with E-state index in [2.05, 4.69) is 21.3 Å². The number of carbonyl (C=O) groups is 7. The fourth-order valence-corrected chi connectivity index (χ4v) is 5.30. The van der Waals surface area contributed by atoms with E-state index in [4.69, 9.17) is 42.6 Å². The molecule has 22 nitrogen and oxygen atoms in total. The Labute approximate surface area is 376 Å². The molecule has 1 rings (SSSR count). The van der Waals surface area contributed by atoms with Crippen LogP contribution in [0.3, 0.4) is 0 Å². The molecule has 6 amide bonds. The van der Waals surface area contributed by atoms with Gasteiger partial charge in [-0.1, -0.05) is 13.8 Å². The number of alkyl carbamates (subject to hydrolysis) is 1. The maximum absolute atomic E-state index is 12.9. The summed E-state index contributed by atoms with van der Waals surface area (Å²) < 4.78 is 48.8. The third-order valence-corrected chi connectivity index (χ3v) is 8.58. The average Bonchev–Trinajstić information content (AvgIpc) is 3.55. The number of hydrogen-bond donors (Lipinski definition) is 5. The maximum atomic E-state index is 12.9. The molecule has 368 valence electrons. The quantitative estimate of drug-likeness (QED) is 0.0410. The lowest BCUT2D eigenvalue weighted by molar-refractivity contribution is -0.142. The molecule has 0 aromatic heterocycles. The van der Waals surface area contributed by atoms with E-state index in [9.17, 15) is 38.7 Å². The number of aliphatic carboxylic acids is 1. The molecule has 2 atom stereocenters. The third-order valence-electron chi connectivity index (χ3n) is 8.58. The lowest BCUT2D eigenvalue weighted by Crippen LogP contribution is -2.53. The summed E-state index contributed by atoms with van der Waals surface area (Å²) in [5, 5.41) is 20.1. The summed E-state index contributed by atoms with van der Waals surface area (Å²) >= 11 is 0. The van der Waals surface area contributed by atoms with E-state index < -0.39 is 53.4 Å². The van der Waals surface area contributed by atoms with Gasteiger partial charge in [-0.2, -0.15) is 0 Å². The van der Waals surface area contributed by atoms with Gasteiger partial charge in [-0.15, -0.1) is 0 Å². The number of nitrogens with zero attached hydrogens (tertiary/aromatic N) is 1. The summed E-state index contributed by atoms with van der Waals surface area (Å²) in [6, 6.07) is -2.08. The van der Waals surface area contributed by atoms with Gasteiger partial charge in [-0.3, -0.25) is 28.9 Å². The van der Waals surface area contributed by atoms with Crippen LogP contribution in [0.25, 0.3) is 0 Å². The molecule has 0 fully saturated rings. The highest BCUT2D eigenvalue weighted by atomic mass is 16.6. The Bertz CT molecular complexity index is 1380. The number of imide groups is 1. The van der Waals surface area contributed by atoms with Crippen LogP contribution in [0.5, 0.6) is 0 Å². The van der Waals surface area contributed by atoms with Crippen LogP contribution >= 0.6 is 0 Å². The average molecular weight is 920 g/mol. The number of hydrogen-bond acceptors (Lipinski definition) is 16. The number of carboxylic acid groups (broad SMARTS) is 1. The molecule has 5 N–H and O–H groups in total. The normalized spacial score (nSPS) is 13.6. The predicted molar refractivity (Wildman–Crippen MR) is 229 cm³/mol. The van der Waals surface area contributed by atoms with Crippen LogP contribution in [0.1, 0.15) is 66.7 Å². The summed E-state index contributed by atoms with van der Waals surface area (Å²) in [5.41, 5.74) is -0.624. The van der Waals surface area contributed by atoms with Gasteiger partial charge in [0, 0.05) is 44.6 Å². The first kappa shape index (κ1) is 57.7. The molecule has 0 spiro atoms. The predicted octanol–water partition coefficient (Wildman–Crippen LogP) is 0.346. The summed E-state index contributed by atoms with van der Waals surface area (Å²) in [5.74, 6) is -3.58. The van der Waals surface area contributed by atoms with Crippen molar-refractivity contribution in [2.45, 2.75) is 84.4 Å². The Balaban J connectivity index is 1.90. The van der Waals surface area contributed by atoms with Gasteiger partial charge in [-0.05, 0) is 46.0 Å². The molecule has 0 bridgehead atoms. The molecule has 0 aliphatic carbocycles. The van der Waals surface area contributed by atoms with Crippen molar-refractivity contribution in [1.82, 2.24) is 26.2 Å². The Morgan fingerprint density at radius 2 is 1.05 bits per heavy atom. The lowest BCUT2D eigenvalue weighted by atomic mass is 10.0. The first-order valence-corrected chi connectivity index (χ1v) is 21.8. The maximum Gasteiger partial charge on any atom is 0.407 e. The summed E-state index contributed by atoms with van der Waals surface area (Å²) in [4.78, 5) is 84.8. The number of unbranched alkanes of at least 4 members (excludes halogenated alkanes) is 1. The molecule has 64 heavy (non-hydrogen) atoms. The van der Waals surface area contributed by atoms with E-state index in [1.165, 1.54) is 12.2 Å². The van der Waals surface area contributed by atoms with E-state index in [0.29, 0.717) is 118 Å². The summed E-state index contributed by atoms with van der Waals surface area (Å²) in [6.07, 6.45) is 2.91. The molecule has 0 aromatic carbocycles. The summed E-state index contributed by atoms with van der Waals surface area (Å²) in [7, 11) is 0. The number of nitrogens with one attached hydrogen (secondary N) is 4. The monoisotopic (exact) mass is 920 g/mol. The van der Waals surface area contributed by atoms with Gasteiger partial charge in [0.1, 0.15) is 17.7 Å². The van der Waals surface area contributed by atoms with Crippen LogP contribution in [0.4, 0.5) is 4.79 Å². The minimum absolute atomic E-state index is 0.00517. The number of carboxylic acids is 1. The zero-order valence-electron chi connectivity index (χ0n) is 38.3. The molecule has 1 aliphatic rings. The van der Waals surface area contributed by atoms with Crippen LogP contribution in [0, 0.1) is 5.92 Å². The molecule has 2 unspecified atom stereocenters. The lowest BCUT2D eigenvalue weighted by Gasteiger charge is -2.24. The van der Waals surface area contributed by atoms with Crippen LogP contribution in [0.15, 0.2) is 12.2 Å². The van der Waals surface area contributed by atoms with Crippen molar-refractivity contribution < 1.29 is 81.3 Å². The van der Waals surface area contributed by atoms with Crippen molar-refractivity contribution in [1.29, 1.82) is 0 Å². The van der Waals surface area contributed by atoms with Gasteiger partial charge < -0.3 is 69.0 Å². The van der Waals surface area contributed by atoms with E-state index in [1.807, 2.05) is 0 Å². The molecule has 1 aliphatic heterocycles. The van der Waals surface area contributed by atoms with Crippen molar-refractivity contribution in [2.24, 2.45) is 5.92 Å². The Hall–Kier alpha value is -4.29. The van der Waals surface area contributed by atoms with Gasteiger partial charge in [0.25, 0.3) is 11.8 Å². The fraction of sp³-hybridized carbons (Fsp3) is 0.786. The second-order valence-corrected chi connectivity index (χ2v) is 15.5. The molecule has 0 radical (unpaired) electrons. The van der Waals surface area contributed by atoms with Gasteiger partial charge in [-0.25, -0.2) is 9.59 Å². The van der Waals surface area contributed by atoms with E-state index >= 15 is 0 Å². The molecular formula is C42H73N5O17.